The first-order valence-electron chi connectivity index (χ1n) is 8.33. The van der Waals surface area contributed by atoms with Gasteiger partial charge < -0.3 is 19.6 Å². The summed E-state index contributed by atoms with van der Waals surface area (Å²) in [6.07, 6.45) is 1.54. The second-order valence-electron chi connectivity index (χ2n) is 7.04. The van der Waals surface area contributed by atoms with Crippen molar-refractivity contribution in [2.24, 2.45) is 0 Å². The van der Waals surface area contributed by atoms with Gasteiger partial charge in [0.15, 0.2) is 0 Å². The van der Waals surface area contributed by atoms with Crippen LogP contribution < -0.4 is 4.74 Å². The van der Waals surface area contributed by atoms with Crippen molar-refractivity contribution in [2.75, 3.05) is 26.7 Å². The molecule has 1 saturated heterocycles. The number of ether oxygens (including phenoxy) is 1. The summed E-state index contributed by atoms with van der Waals surface area (Å²) in [4.78, 5) is 28.2. The van der Waals surface area contributed by atoms with Gasteiger partial charge in [-0.2, -0.15) is 0 Å². The summed E-state index contributed by atoms with van der Waals surface area (Å²) in [5.74, 6) is -0.697. The van der Waals surface area contributed by atoms with Gasteiger partial charge in [-0.15, -0.1) is 0 Å². The van der Waals surface area contributed by atoms with E-state index >= 15 is 0 Å². The molecule has 1 unspecified atom stereocenters. The van der Waals surface area contributed by atoms with Crippen LogP contribution in [-0.2, 0) is 4.79 Å². The summed E-state index contributed by atoms with van der Waals surface area (Å²) in [6, 6.07) is 4.65. The summed E-state index contributed by atoms with van der Waals surface area (Å²) in [5.41, 5.74) is 0.888. The summed E-state index contributed by atoms with van der Waals surface area (Å²) in [7, 11) is 2.06. The van der Waals surface area contributed by atoms with E-state index in [0.29, 0.717) is 17.9 Å². The zero-order valence-corrected chi connectivity index (χ0v) is 14.4. The molecule has 2 aliphatic heterocycles. The number of carbonyl (C=O) groups is 2. The van der Waals surface area contributed by atoms with Crippen LogP contribution in [0.25, 0.3) is 0 Å². The van der Waals surface area contributed by atoms with Gasteiger partial charge in [-0.25, -0.2) is 4.79 Å². The van der Waals surface area contributed by atoms with E-state index in [0.717, 1.165) is 31.5 Å². The van der Waals surface area contributed by atoms with Gasteiger partial charge in [-0.3, -0.25) is 4.79 Å². The number of piperidine rings is 1. The van der Waals surface area contributed by atoms with Crippen molar-refractivity contribution < 1.29 is 19.4 Å². The SMILES string of the molecule is Cc1ccc2c(c1)C(=O)N(C(C)C(=O)O)CC1(CCN(C)CC1)O2. The van der Waals surface area contributed by atoms with Crippen molar-refractivity contribution in [3.05, 3.63) is 29.3 Å². The highest BCUT2D eigenvalue weighted by molar-refractivity contribution is 5.99. The Morgan fingerprint density at radius 3 is 2.62 bits per heavy atom. The number of hydrogen-bond acceptors (Lipinski definition) is 4. The number of carbonyl (C=O) groups excluding carboxylic acids is 1. The average Bonchev–Trinajstić information content (AvgIpc) is 2.66. The van der Waals surface area contributed by atoms with Crippen molar-refractivity contribution >= 4 is 11.9 Å². The molecule has 0 aromatic heterocycles. The van der Waals surface area contributed by atoms with E-state index in [4.69, 9.17) is 4.74 Å². The third-order valence-electron chi connectivity index (χ3n) is 5.13. The van der Waals surface area contributed by atoms with Gasteiger partial charge in [-0.05, 0) is 33.0 Å². The van der Waals surface area contributed by atoms with Crippen LogP contribution in [0, 0.1) is 6.92 Å². The van der Waals surface area contributed by atoms with Crippen molar-refractivity contribution in [1.29, 1.82) is 0 Å². The van der Waals surface area contributed by atoms with Gasteiger partial charge in [0.1, 0.15) is 17.4 Å². The van der Waals surface area contributed by atoms with E-state index in [2.05, 4.69) is 11.9 Å². The molecule has 130 valence electrons. The maximum Gasteiger partial charge on any atom is 0.326 e. The maximum absolute atomic E-state index is 13.0. The molecule has 1 aromatic rings. The maximum atomic E-state index is 13.0. The molecule has 6 heteroatoms. The highest BCUT2D eigenvalue weighted by Crippen LogP contribution is 2.36. The normalized spacial score (nSPS) is 21.8. The summed E-state index contributed by atoms with van der Waals surface area (Å²) >= 11 is 0. The van der Waals surface area contributed by atoms with E-state index in [1.165, 1.54) is 4.90 Å². The highest BCUT2D eigenvalue weighted by Gasteiger charge is 2.44. The first-order valence-corrected chi connectivity index (χ1v) is 8.33. The Morgan fingerprint density at radius 1 is 1.33 bits per heavy atom. The van der Waals surface area contributed by atoms with E-state index in [9.17, 15) is 14.7 Å². The number of aliphatic carboxylic acids is 1. The van der Waals surface area contributed by atoms with Crippen molar-refractivity contribution in [2.45, 2.75) is 38.3 Å². The summed E-state index contributed by atoms with van der Waals surface area (Å²) in [6.45, 7) is 5.51. The predicted molar refractivity (Wildman–Crippen MR) is 89.4 cm³/mol. The molecule has 0 radical (unpaired) electrons. The minimum Gasteiger partial charge on any atom is -0.484 e. The van der Waals surface area contributed by atoms with Gasteiger partial charge in [0.05, 0.1) is 12.1 Å². The van der Waals surface area contributed by atoms with Crippen LogP contribution >= 0.6 is 0 Å². The molecule has 0 bridgehead atoms. The Bertz CT molecular complexity index is 665. The number of fused-ring (bicyclic) bond motifs is 1. The average molecular weight is 332 g/mol. The number of aryl methyl sites for hydroxylation is 1. The summed E-state index contributed by atoms with van der Waals surface area (Å²) < 4.78 is 6.34. The second-order valence-corrected chi connectivity index (χ2v) is 7.04. The van der Waals surface area contributed by atoms with E-state index in [-0.39, 0.29) is 5.91 Å². The van der Waals surface area contributed by atoms with Crippen molar-refractivity contribution in [3.63, 3.8) is 0 Å². The number of rotatable bonds is 2. The molecule has 1 atom stereocenters. The Hall–Kier alpha value is -2.08. The van der Waals surface area contributed by atoms with E-state index in [1.807, 2.05) is 19.1 Å². The Kier molecular flexibility index (Phi) is 4.25. The molecule has 2 heterocycles. The highest BCUT2D eigenvalue weighted by atomic mass is 16.5. The molecule has 1 N–H and O–H groups in total. The number of likely N-dealkylation sites (tertiary alicyclic amines) is 1. The minimum atomic E-state index is -0.998. The minimum absolute atomic E-state index is 0.264. The largest absolute Gasteiger partial charge is 0.484 e. The third kappa shape index (κ3) is 2.98. The first-order chi connectivity index (χ1) is 11.3. The fraction of sp³-hybridized carbons (Fsp3) is 0.556. The molecular weight excluding hydrogens is 308 g/mol. The van der Waals surface area contributed by atoms with Gasteiger partial charge in [-0.1, -0.05) is 11.6 Å². The fourth-order valence-electron chi connectivity index (χ4n) is 3.43. The number of nitrogens with zero attached hydrogens (tertiary/aromatic N) is 2. The standard InChI is InChI=1S/C18H24N2O4/c1-12-4-5-15-14(10-12)16(21)20(13(2)17(22)23)11-18(24-15)6-8-19(3)9-7-18/h4-5,10,13H,6-9,11H2,1-3H3,(H,22,23). The first kappa shape index (κ1) is 16.8. The van der Waals surface area contributed by atoms with Gasteiger partial charge in [0.2, 0.25) is 0 Å². The lowest BCUT2D eigenvalue weighted by molar-refractivity contribution is -0.142. The zero-order valence-electron chi connectivity index (χ0n) is 14.4. The van der Waals surface area contributed by atoms with Gasteiger partial charge >= 0.3 is 5.97 Å². The molecular formula is C18H24N2O4. The lowest BCUT2D eigenvalue weighted by Gasteiger charge is -2.42. The number of carboxylic acid groups (broad SMARTS) is 1. The molecule has 1 aromatic carbocycles. The summed E-state index contributed by atoms with van der Waals surface area (Å²) in [5, 5.41) is 9.43. The number of amides is 1. The van der Waals surface area contributed by atoms with Crippen LogP contribution in [0.2, 0.25) is 0 Å². The Labute approximate surface area is 142 Å². The van der Waals surface area contributed by atoms with Crippen LogP contribution in [0.4, 0.5) is 0 Å². The molecule has 0 aliphatic carbocycles. The molecule has 0 saturated carbocycles. The van der Waals surface area contributed by atoms with Crippen LogP contribution in [0.1, 0.15) is 35.7 Å². The predicted octanol–water partition coefficient (Wildman–Crippen LogP) is 1.77. The quantitative estimate of drug-likeness (QED) is 0.894. The monoisotopic (exact) mass is 332 g/mol. The van der Waals surface area contributed by atoms with E-state index in [1.54, 1.807) is 13.0 Å². The van der Waals surface area contributed by atoms with Crippen molar-refractivity contribution in [1.82, 2.24) is 9.80 Å². The number of carboxylic acids is 1. The van der Waals surface area contributed by atoms with E-state index < -0.39 is 17.6 Å². The molecule has 2 aliphatic rings. The molecule has 1 fully saturated rings. The molecule has 6 nitrogen and oxygen atoms in total. The molecule has 1 spiro atoms. The Balaban J connectivity index is 2.05. The third-order valence-corrected chi connectivity index (χ3v) is 5.13. The fourth-order valence-corrected chi connectivity index (χ4v) is 3.43. The van der Waals surface area contributed by atoms with Crippen LogP contribution in [-0.4, -0.2) is 65.1 Å². The smallest absolute Gasteiger partial charge is 0.326 e. The zero-order chi connectivity index (χ0) is 17.5. The Morgan fingerprint density at radius 2 is 2.00 bits per heavy atom. The lowest BCUT2D eigenvalue weighted by atomic mass is 9.90. The molecule has 24 heavy (non-hydrogen) atoms. The van der Waals surface area contributed by atoms with Crippen molar-refractivity contribution in [3.8, 4) is 5.75 Å². The molecule has 1 amide bonds. The topological polar surface area (TPSA) is 70.1 Å². The lowest BCUT2D eigenvalue weighted by Crippen LogP contribution is -2.56. The number of hydrogen-bond donors (Lipinski definition) is 1. The van der Waals surface area contributed by atoms with Gasteiger partial charge in [0.25, 0.3) is 5.91 Å². The number of benzene rings is 1. The van der Waals surface area contributed by atoms with Crippen LogP contribution in [0.15, 0.2) is 18.2 Å². The van der Waals surface area contributed by atoms with Gasteiger partial charge in [0, 0.05) is 25.9 Å². The molecule has 3 rings (SSSR count). The van der Waals surface area contributed by atoms with Crippen LogP contribution in [0.5, 0.6) is 5.75 Å². The second kappa shape index (κ2) is 6.09. The van der Waals surface area contributed by atoms with Crippen LogP contribution in [0.3, 0.4) is 0 Å².